The second kappa shape index (κ2) is 7.39. The lowest BCUT2D eigenvalue weighted by Gasteiger charge is -2.07. The van der Waals surface area contributed by atoms with Crippen molar-refractivity contribution in [3.8, 4) is 0 Å². The third kappa shape index (κ3) is 7.11. The molecule has 0 spiro atoms. The van der Waals surface area contributed by atoms with Gasteiger partial charge in [-0.1, -0.05) is 6.92 Å². The summed E-state index contributed by atoms with van der Waals surface area (Å²) in [6.07, 6.45) is 1.27. The second-order valence-electron chi connectivity index (χ2n) is 2.52. The zero-order valence-electron chi connectivity index (χ0n) is 8.14. The summed E-state index contributed by atoms with van der Waals surface area (Å²) in [6, 6.07) is 0. The van der Waals surface area contributed by atoms with E-state index in [0.717, 1.165) is 6.42 Å². The van der Waals surface area contributed by atoms with Gasteiger partial charge in [0.25, 0.3) is 0 Å². The van der Waals surface area contributed by atoms with Gasteiger partial charge >= 0.3 is 5.97 Å². The van der Waals surface area contributed by atoms with E-state index in [2.05, 4.69) is 10.6 Å². The highest BCUT2D eigenvalue weighted by molar-refractivity contribution is 5.76. The van der Waals surface area contributed by atoms with Crippen LogP contribution in [-0.2, 0) is 9.53 Å². The highest BCUT2D eigenvalue weighted by atomic mass is 16.5. The minimum atomic E-state index is -0.180. The molecule has 76 valence electrons. The second-order valence-corrected chi connectivity index (χ2v) is 2.52. The molecule has 0 fully saturated rings. The van der Waals surface area contributed by atoms with Crippen LogP contribution in [0.4, 0.5) is 0 Å². The molecule has 0 saturated heterocycles. The molecule has 0 rings (SSSR count). The van der Waals surface area contributed by atoms with Gasteiger partial charge in [0.1, 0.15) is 6.61 Å². The van der Waals surface area contributed by atoms with E-state index in [0.29, 0.717) is 19.6 Å². The lowest BCUT2D eigenvalue weighted by Crippen LogP contribution is -2.35. The van der Waals surface area contributed by atoms with Gasteiger partial charge in [0.05, 0.1) is 6.54 Å². The van der Waals surface area contributed by atoms with Crippen molar-refractivity contribution in [3.63, 3.8) is 0 Å². The minimum Gasteiger partial charge on any atom is -0.464 e. The zero-order valence-corrected chi connectivity index (χ0v) is 8.14. The maximum atomic E-state index is 10.8. The number of ether oxygens (including phenoxy) is 1. The largest absolute Gasteiger partial charge is 0.464 e. The van der Waals surface area contributed by atoms with E-state index in [1.165, 1.54) is 0 Å². The molecule has 0 aliphatic heterocycles. The van der Waals surface area contributed by atoms with E-state index >= 15 is 0 Å². The topological polar surface area (TPSA) is 74.2 Å². The number of nitrogens with one attached hydrogen (secondary N) is 3. The Bertz CT molecular complexity index is 171. The lowest BCUT2D eigenvalue weighted by atomic mass is 10.3. The van der Waals surface area contributed by atoms with Crippen LogP contribution in [0.25, 0.3) is 0 Å². The van der Waals surface area contributed by atoms with E-state index in [1.807, 2.05) is 6.92 Å². The first kappa shape index (κ1) is 11.7. The molecule has 0 aliphatic carbocycles. The van der Waals surface area contributed by atoms with E-state index in [1.54, 1.807) is 7.05 Å². The van der Waals surface area contributed by atoms with Gasteiger partial charge in [-0.3, -0.25) is 10.2 Å². The Hall–Kier alpha value is -1.26. The molecule has 0 radical (unpaired) electrons. The highest BCUT2D eigenvalue weighted by Gasteiger charge is 1.99. The summed E-state index contributed by atoms with van der Waals surface area (Å²) in [7, 11) is 1.65. The van der Waals surface area contributed by atoms with Crippen molar-refractivity contribution in [1.82, 2.24) is 10.6 Å². The molecular weight excluding hydrogens is 170 g/mol. The molecule has 0 aliphatic rings. The molecule has 0 amide bonds. The van der Waals surface area contributed by atoms with Crippen LogP contribution in [0.5, 0.6) is 0 Å². The van der Waals surface area contributed by atoms with Crippen LogP contribution in [0.15, 0.2) is 0 Å². The Morgan fingerprint density at radius 3 is 2.77 bits per heavy atom. The molecule has 0 heterocycles. The Morgan fingerprint density at radius 1 is 1.54 bits per heavy atom. The lowest BCUT2D eigenvalue weighted by molar-refractivity contribution is -0.143. The molecule has 0 saturated carbocycles. The molecule has 0 aromatic heterocycles. The minimum absolute atomic E-state index is 0.180. The number of rotatable bonds is 5. The van der Waals surface area contributed by atoms with Crippen LogP contribution in [0.3, 0.4) is 0 Å². The number of carbonyl (C=O) groups excluding carboxylic acids is 1. The van der Waals surface area contributed by atoms with Gasteiger partial charge in [-0.2, -0.15) is 0 Å². The normalized spacial score (nSPS) is 9.08. The summed E-state index contributed by atoms with van der Waals surface area (Å²) in [5.41, 5.74) is 0. The van der Waals surface area contributed by atoms with Crippen LogP contribution in [0, 0.1) is 5.41 Å². The fraction of sp³-hybridized carbons (Fsp3) is 0.750. The van der Waals surface area contributed by atoms with Gasteiger partial charge in [0.15, 0.2) is 5.96 Å². The van der Waals surface area contributed by atoms with Gasteiger partial charge in [0, 0.05) is 13.5 Å². The third-order valence-electron chi connectivity index (χ3n) is 1.37. The van der Waals surface area contributed by atoms with Gasteiger partial charge in [-0.25, -0.2) is 0 Å². The van der Waals surface area contributed by atoms with Crippen molar-refractivity contribution < 1.29 is 9.53 Å². The van der Waals surface area contributed by atoms with Crippen LogP contribution >= 0.6 is 0 Å². The summed E-state index contributed by atoms with van der Waals surface area (Å²) in [6.45, 7) is 2.70. The first-order valence-corrected chi connectivity index (χ1v) is 4.36. The molecule has 0 aromatic carbocycles. The van der Waals surface area contributed by atoms with Gasteiger partial charge in [0.2, 0.25) is 0 Å². The van der Waals surface area contributed by atoms with Crippen LogP contribution in [0.1, 0.15) is 19.8 Å². The van der Waals surface area contributed by atoms with Gasteiger partial charge in [-0.05, 0) is 6.42 Å². The maximum Gasteiger partial charge on any atom is 0.305 e. The number of carbonyl (C=O) groups is 1. The average molecular weight is 187 g/mol. The number of guanidine groups is 1. The monoisotopic (exact) mass is 187 g/mol. The van der Waals surface area contributed by atoms with Crippen LogP contribution < -0.4 is 10.6 Å². The van der Waals surface area contributed by atoms with E-state index < -0.39 is 0 Å². The van der Waals surface area contributed by atoms with Crippen LogP contribution in [-0.4, -0.2) is 32.1 Å². The fourth-order valence-electron chi connectivity index (χ4n) is 0.706. The molecule has 5 heteroatoms. The molecule has 13 heavy (non-hydrogen) atoms. The van der Waals surface area contributed by atoms with E-state index in [9.17, 15) is 4.79 Å². The first-order valence-electron chi connectivity index (χ1n) is 4.36. The molecule has 0 aromatic rings. The van der Waals surface area contributed by atoms with Crippen molar-refractivity contribution in [2.24, 2.45) is 0 Å². The smallest absolute Gasteiger partial charge is 0.305 e. The van der Waals surface area contributed by atoms with Gasteiger partial charge < -0.3 is 15.4 Å². The summed E-state index contributed by atoms with van der Waals surface area (Å²) in [4.78, 5) is 10.8. The summed E-state index contributed by atoms with van der Waals surface area (Å²) >= 11 is 0. The predicted molar refractivity (Wildman–Crippen MR) is 50.7 cm³/mol. The van der Waals surface area contributed by atoms with E-state index in [4.69, 9.17) is 10.1 Å². The Balaban J connectivity index is 3.25. The number of esters is 1. The standard InChI is InChI=1S/C8H17N3O2/c1-3-4-7(12)13-6-5-11-8(9)10-2/h3-6H2,1-2H3,(H3,9,10,11). The molecule has 5 nitrogen and oxygen atoms in total. The predicted octanol–water partition coefficient (Wildman–Crippen LogP) is 0.0735. The molecule has 0 atom stereocenters. The number of hydrogen-bond donors (Lipinski definition) is 3. The average Bonchev–Trinajstić information content (AvgIpc) is 2.12. The van der Waals surface area contributed by atoms with Crippen molar-refractivity contribution >= 4 is 11.9 Å². The highest BCUT2D eigenvalue weighted by Crippen LogP contribution is 1.89. The Labute approximate surface area is 78.4 Å². The molecule has 0 unspecified atom stereocenters. The Kier molecular flexibility index (Phi) is 6.68. The van der Waals surface area contributed by atoms with Crippen molar-refractivity contribution in [3.05, 3.63) is 0 Å². The SMILES string of the molecule is CCCC(=O)OCCNC(=N)NC. The summed E-state index contributed by atoms with van der Waals surface area (Å²) < 4.78 is 4.85. The zero-order chi connectivity index (χ0) is 10.1. The summed E-state index contributed by atoms with van der Waals surface area (Å²) in [5.74, 6) is 0.0480. The quantitative estimate of drug-likeness (QED) is 0.246. The molecule has 3 N–H and O–H groups in total. The Morgan fingerprint density at radius 2 is 2.23 bits per heavy atom. The van der Waals surface area contributed by atoms with Crippen molar-refractivity contribution in [2.45, 2.75) is 19.8 Å². The number of hydrogen-bond acceptors (Lipinski definition) is 3. The molecular formula is C8H17N3O2. The van der Waals surface area contributed by atoms with Gasteiger partial charge in [-0.15, -0.1) is 0 Å². The maximum absolute atomic E-state index is 10.8. The fourth-order valence-corrected chi connectivity index (χ4v) is 0.706. The summed E-state index contributed by atoms with van der Waals surface area (Å²) in [5, 5.41) is 12.5. The van der Waals surface area contributed by atoms with Crippen molar-refractivity contribution in [2.75, 3.05) is 20.2 Å². The molecule has 0 bridgehead atoms. The third-order valence-corrected chi connectivity index (χ3v) is 1.37. The van der Waals surface area contributed by atoms with Crippen molar-refractivity contribution in [1.29, 1.82) is 5.41 Å². The van der Waals surface area contributed by atoms with Crippen LogP contribution in [0.2, 0.25) is 0 Å². The first-order chi connectivity index (χ1) is 6.20. The van der Waals surface area contributed by atoms with E-state index in [-0.39, 0.29) is 11.9 Å².